The highest BCUT2D eigenvalue weighted by molar-refractivity contribution is 5.93. The van der Waals surface area contributed by atoms with Gasteiger partial charge in [-0.1, -0.05) is 12.5 Å². The average Bonchev–Trinajstić information content (AvgIpc) is 2.70. The molecule has 2 aromatic heterocycles. The van der Waals surface area contributed by atoms with E-state index in [1.165, 1.54) is 19.3 Å². The molecule has 1 atom stereocenters. The molecule has 0 saturated carbocycles. The Kier molecular flexibility index (Phi) is 6.40. The van der Waals surface area contributed by atoms with Gasteiger partial charge in [0.05, 0.1) is 6.04 Å². The number of nitrogens with one attached hydrogen (secondary N) is 1. The molecular formula is C21H28N4O2. The molecule has 0 radical (unpaired) electrons. The van der Waals surface area contributed by atoms with Crippen molar-refractivity contribution < 1.29 is 4.79 Å². The van der Waals surface area contributed by atoms with E-state index in [0.717, 1.165) is 24.3 Å². The van der Waals surface area contributed by atoms with Crippen LogP contribution in [0.1, 0.15) is 53.8 Å². The van der Waals surface area contributed by atoms with Crippen LogP contribution in [0.5, 0.6) is 0 Å². The lowest BCUT2D eigenvalue weighted by molar-refractivity contribution is 0.0922. The Labute approximate surface area is 160 Å². The molecule has 1 amide bonds. The first-order valence-corrected chi connectivity index (χ1v) is 9.74. The van der Waals surface area contributed by atoms with Crippen molar-refractivity contribution in [3.8, 4) is 0 Å². The second kappa shape index (κ2) is 8.95. The lowest BCUT2D eigenvalue weighted by atomic mass is 10.0. The maximum Gasteiger partial charge on any atom is 0.263 e. The van der Waals surface area contributed by atoms with Crippen LogP contribution in [0, 0.1) is 6.92 Å². The van der Waals surface area contributed by atoms with E-state index in [0.29, 0.717) is 13.1 Å². The fourth-order valence-electron chi connectivity index (χ4n) is 3.78. The quantitative estimate of drug-likeness (QED) is 0.851. The monoisotopic (exact) mass is 368 g/mol. The first-order valence-electron chi connectivity index (χ1n) is 9.74. The Balaban J connectivity index is 1.77. The van der Waals surface area contributed by atoms with E-state index in [1.807, 2.05) is 38.2 Å². The summed E-state index contributed by atoms with van der Waals surface area (Å²) < 4.78 is 1.62. The van der Waals surface area contributed by atoms with E-state index in [4.69, 9.17) is 0 Å². The van der Waals surface area contributed by atoms with Crippen molar-refractivity contribution >= 4 is 5.91 Å². The molecule has 0 aliphatic carbocycles. The molecule has 0 aromatic carbocycles. The number of amides is 1. The number of likely N-dealkylation sites (tertiary alicyclic amines) is 1. The third kappa shape index (κ3) is 4.45. The maximum absolute atomic E-state index is 12.7. The minimum atomic E-state index is -0.312. The first kappa shape index (κ1) is 19.3. The number of rotatable bonds is 6. The molecule has 6 nitrogen and oxygen atoms in total. The van der Waals surface area contributed by atoms with E-state index in [1.54, 1.807) is 16.8 Å². The standard InChI is InChI=1S/C21H28N4O2/c1-3-25-16(2)9-10-18(21(25)27)20(26)23-15-19(17-8-7-11-22-14-17)24-12-5-4-6-13-24/h7-11,14,19H,3-6,12-13,15H2,1-2H3,(H,23,26)/t19-/m0/s1. The van der Waals surface area contributed by atoms with E-state index in [-0.39, 0.29) is 23.1 Å². The molecular weight excluding hydrogens is 340 g/mol. The van der Waals surface area contributed by atoms with Gasteiger partial charge in [0, 0.05) is 31.2 Å². The summed E-state index contributed by atoms with van der Waals surface area (Å²) in [6.45, 7) is 6.83. The van der Waals surface area contributed by atoms with Gasteiger partial charge in [0.2, 0.25) is 0 Å². The Morgan fingerprint density at radius 1 is 1.22 bits per heavy atom. The van der Waals surface area contributed by atoms with Crippen molar-refractivity contribution in [2.75, 3.05) is 19.6 Å². The molecule has 3 heterocycles. The third-order valence-electron chi connectivity index (χ3n) is 5.31. The summed E-state index contributed by atoms with van der Waals surface area (Å²) in [6.07, 6.45) is 7.21. The number of piperidine rings is 1. The molecule has 144 valence electrons. The van der Waals surface area contributed by atoms with Crippen LogP contribution in [0.2, 0.25) is 0 Å². The highest BCUT2D eigenvalue weighted by Gasteiger charge is 2.24. The van der Waals surface area contributed by atoms with Crippen LogP contribution >= 0.6 is 0 Å². The van der Waals surface area contributed by atoms with E-state index >= 15 is 0 Å². The lowest BCUT2D eigenvalue weighted by Crippen LogP contribution is -2.42. The van der Waals surface area contributed by atoms with Crippen LogP contribution in [0.15, 0.2) is 41.5 Å². The van der Waals surface area contributed by atoms with Crippen LogP contribution in [0.3, 0.4) is 0 Å². The van der Waals surface area contributed by atoms with Gasteiger partial charge >= 0.3 is 0 Å². The Hall–Kier alpha value is -2.47. The molecule has 1 saturated heterocycles. The SMILES string of the molecule is CCn1c(C)ccc(C(=O)NC[C@@H](c2cccnc2)N2CCCCC2)c1=O. The Morgan fingerprint density at radius 2 is 2.00 bits per heavy atom. The summed E-state index contributed by atoms with van der Waals surface area (Å²) in [7, 11) is 0. The summed E-state index contributed by atoms with van der Waals surface area (Å²) in [5, 5.41) is 2.98. The zero-order valence-corrected chi connectivity index (χ0v) is 16.1. The van der Waals surface area contributed by atoms with Crippen LogP contribution in [0.25, 0.3) is 0 Å². The normalized spacial score (nSPS) is 16.1. The predicted molar refractivity (Wildman–Crippen MR) is 106 cm³/mol. The zero-order valence-electron chi connectivity index (χ0n) is 16.1. The Bertz CT molecular complexity index is 826. The number of pyridine rings is 2. The van der Waals surface area contributed by atoms with Gasteiger partial charge in [-0.2, -0.15) is 0 Å². The van der Waals surface area contributed by atoms with Crippen molar-refractivity contribution in [2.24, 2.45) is 0 Å². The predicted octanol–water partition coefficient (Wildman–Crippen LogP) is 2.53. The highest BCUT2D eigenvalue weighted by atomic mass is 16.2. The number of hydrogen-bond donors (Lipinski definition) is 1. The van der Waals surface area contributed by atoms with Gasteiger partial charge in [-0.05, 0) is 63.5 Å². The van der Waals surface area contributed by atoms with Crippen LogP contribution < -0.4 is 10.9 Å². The van der Waals surface area contributed by atoms with Gasteiger partial charge in [-0.3, -0.25) is 19.5 Å². The molecule has 0 unspecified atom stereocenters. The fourth-order valence-corrected chi connectivity index (χ4v) is 3.78. The molecule has 1 N–H and O–H groups in total. The fraction of sp³-hybridized carbons (Fsp3) is 0.476. The number of aromatic nitrogens is 2. The third-order valence-corrected chi connectivity index (χ3v) is 5.31. The van der Waals surface area contributed by atoms with Crippen molar-refractivity contribution in [1.29, 1.82) is 0 Å². The molecule has 27 heavy (non-hydrogen) atoms. The molecule has 6 heteroatoms. The van der Waals surface area contributed by atoms with Crippen LogP contribution in [-0.4, -0.2) is 40.0 Å². The molecule has 1 aliphatic heterocycles. The summed E-state index contributed by atoms with van der Waals surface area (Å²) >= 11 is 0. The van der Waals surface area contributed by atoms with Crippen molar-refractivity contribution in [3.63, 3.8) is 0 Å². The van der Waals surface area contributed by atoms with Crippen LogP contribution in [0.4, 0.5) is 0 Å². The molecule has 2 aromatic rings. The molecule has 0 spiro atoms. The number of nitrogens with zero attached hydrogens (tertiary/aromatic N) is 3. The number of carbonyl (C=O) groups is 1. The minimum Gasteiger partial charge on any atom is -0.350 e. The van der Waals surface area contributed by atoms with Gasteiger partial charge in [0.25, 0.3) is 11.5 Å². The smallest absolute Gasteiger partial charge is 0.263 e. The summed E-state index contributed by atoms with van der Waals surface area (Å²) in [4.78, 5) is 31.9. The summed E-state index contributed by atoms with van der Waals surface area (Å²) in [5.41, 5.74) is 1.92. The van der Waals surface area contributed by atoms with Crippen LogP contribution in [-0.2, 0) is 6.54 Å². The number of aryl methyl sites for hydroxylation is 1. The molecule has 1 aliphatic rings. The average molecular weight is 368 g/mol. The van der Waals surface area contributed by atoms with Gasteiger partial charge in [0.15, 0.2) is 0 Å². The second-order valence-corrected chi connectivity index (χ2v) is 7.05. The van der Waals surface area contributed by atoms with Crippen molar-refractivity contribution in [1.82, 2.24) is 19.8 Å². The number of carbonyl (C=O) groups excluding carboxylic acids is 1. The molecule has 1 fully saturated rings. The van der Waals surface area contributed by atoms with Gasteiger partial charge < -0.3 is 9.88 Å². The topological polar surface area (TPSA) is 67.2 Å². The van der Waals surface area contributed by atoms with E-state index in [2.05, 4.69) is 15.2 Å². The lowest BCUT2D eigenvalue weighted by Gasteiger charge is -2.34. The van der Waals surface area contributed by atoms with Crippen molar-refractivity contribution in [2.45, 2.75) is 45.7 Å². The van der Waals surface area contributed by atoms with Gasteiger partial charge in [0.1, 0.15) is 5.56 Å². The Morgan fingerprint density at radius 3 is 2.67 bits per heavy atom. The second-order valence-electron chi connectivity index (χ2n) is 7.05. The molecule has 3 rings (SSSR count). The summed E-state index contributed by atoms with van der Waals surface area (Å²) in [5.74, 6) is -0.312. The number of hydrogen-bond acceptors (Lipinski definition) is 4. The zero-order chi connectivity index (χ0) is 19.2. The largest absolute Gasteiger partial charge is 0.350 e. The minimum absolute atomic E-state index is 0.0711. The summed E-state index contributed by atoms with van der Waals surface area (Å²) in [6, 6.07) is 7.49. The van der Waals surface area contributed by atoms with Gasteiger partial charge in [-0.25, -0.2) is 0 Å². The van der Waals surface area contributed by atoms with E-state index in [9.17, 15) is 9.59 Å². The highest BCUT2D eigenvalue weighted by Crippen LogP contribution is 2.23. The maximum atomic E-state index is 12.7. The van der Waals surface area contributed by atoms with Gasteiger partial charge in [-0.15, -0.1) is 0 Å². The first-order chi connectivity index (χ1) is 13.1. The van der Waals surface area contributed by atoms with E-state index < -0.39 is 0 Å². The van der Waals surface area contributed by atoms with Crippen molar-refractivity contribution in [3.05, 3.63) is 63.8 Å². The molecule has 0 bridgehead atoms.